The standard InChI is InChI=1S/C17H15ClF2N2O2/c18-14-9-13(6-7-15(14)20)22-17(24)10-21-16(23)8-3-11-1-4-12(19)5-2-11/h1-2,4-7,9H,3,8,10H2,(H,21,23)(H,22,24). The number of aryl methyl sites for hydroxylation is 1. The van der Waals surface area contributed by atoms with Crippen LogP contribution in [0.5, 0.6) is 0 Å². The van der Waals surface area contributed by atoms with Crippen LogP contribution in [-0.2, 0) is 16.0 Å². The lowest BCUT2D eigenvalue weighted by atomic mass is 10.1. The molecular weight excluding hydrogens is 338 g/mol. The number of anilines is 1. The third-order valence-electron chi connectivity index (χ3n) is 3.20. The fraction of sp³-hybridized carbons (Fsp3) is 0.176. The average Bonchev–Trinajstić information content (AvgIpc) is 2.56. The molecule has 24 heavy (non-hydrogen) atoms. The van der Waals surface area contributed by atoms with Gasteiger partial charge in [0.05, 0.1) is 11.6 Å². The highest BCUT2D eigenvalue weighted by atomic mass is 35.5. The maximum absolute atomic E-state index is 13.0. The molecule has 7 heteroatoms. The van der Waals surface area contributed by atoms with Crippen LogP contribution in [0.4, 0.5) is 14.5 Å². The van der Waals surface area contributed by atoms with E-state index in [4.69, 9.17) is 11.6 Å². The monoisotopic (exact) mass is 352 g/mol. The average molecular weight is 353 g/mol. The van der Waals surface area contributed by atoms with Crippen molar-refractivity contribution in [3.63, 3.8) is 0 Å². The molecule has 0 aromatic heterocycles. The van der Waals surface area contributed by atoms with Gasteiger partial charge in [-0.15, -0.1) is 0 Å². The Labute approximate surface area is 142 Å². The SMILES string of the molecule is O=C(CCc1ccc(F)cc1)NCC(=O)Nc1ccc(F)c(Cl)c1. The summed E-state index contributed by atoms with van der Waals surface area (Å²) in [4.78, 5) is 23.4. The molecule has 2 rings (SSSR count). The van der Waals surface area contributed by atoms with Gasteiger partial charge in [0.25, 0.3) is 0 Å². The molecule has 4 nitrogen and oxygen atoms in total. The van der Waals surface area contributed by atoms with Gasteiger partial charge in [-0.05, 0) is 42.3 Å². The van der Waals surface area contributed by atoms with Gasteiger partial charge in [-0.2, -0.15) is 0 Å². The minimum absolute atomic E-state index is 0.101. The van der Waals surface area contributed by atoms with Gasteiger partial charge in [0.1, 0.15) is 11.6 Å². The number of hydrogen-bond acceptors (Lipinski definition) is 2. The van der Waals surface area contributed by atoms with Crippen molar-refractivity contribution in [2.75, 3.05) is 11.9 Å². The van der Waals surface area contributed by atoms with E-state index in [9.17, 15) is 18.4 Å². The van der Waals surface area contributed by atoms with Crippen LogP contribution in [0.25, 0.3) is 0 Å². The molecule has 0 radical (unpaired) electrons. The van der Waals surface area contributed by atoms with E-state index in [-0.39, 0.29) is 29.7 Å². The first-order valence-electron chi connectivity index (χ1n) is 7.20. The highest BCUT2D eigenvalue weighted by molar-refractivity contribution is 6.31. The van der Waals surface area contributed by atoms with Crippen LogP contribution in [0.15, 0.2) is 42.5 Å². The van der Waals surface area contributed by atoms with Crippen molar-refractivity contribution in [1.29, 1.82) is 0 Å². The number of amides is 2. The van der Waals surface area contributed by atoms with Crippen LogP contribution in [-0.4, -0.2) is 18.4 Å². The quantitative estimate of drug-likeness (QED) is 0.838. The van der Waals surface area contributed by atoms with Crippen LogP contribution in [0, 0.1) is 11.6 Å². The minimum Gasteiger partial charge on any atom is -0.347 e. The van der Waals surface area contributed by atoms with Gasteiger partial charge < -0.3 is 10.6 Å². The summed E-state index contributed by atoms with van der Waals surface area (Å²) in [6.45, 7) is -0.211. The van der Waals surface area contributed by atoms with Gasteiger partial charge in [-0.25, -0.2) is 8.78 Å². The van der Waals surface area contributed by atoms with Crippen molar-refractivity contribution in [3.8, 4) is 0 Å². The molecule has 2 aromatic rings. The first kappa shape index (κ1) is 17.9. The van der Waals surface area contributed by atoms with Crippen molar-refractivity contribution in [2.24, 2.45) is 0 Å². The fourth-order valence-corrected chi connectivity index (χ4v) is 2.14. The van der Waals surface area contributed by atoms with Crippen molar-refractivity contribution in [2.45, 2.75) is 12.8 Å². The number of carbonyl (C=O) groups excluding carboxylic acids is 2. The summed E-state index contributed by atoms with van der Waals surface area (Å²) in [6.07, 6.45) is 0.628. The Balaban J connectivity index is 1.73. The van der Waals surface area contributed by atoms with E-state index < -0.39 is 11.7 Å². The molecule has 0 spiro atoms. The van der Waals surface area contributed by atoms with Crippen molar-refractivity contribution in [3.05, 3.63) is 64.7 Å². The second-order valence-electron chi connectivity index (χ2n) is 5.08. The summed E-state index contributed by atoms with van der Waals surface area (Å²) < 4.78 is 25.8. The molecule has 0 saturated carbocycles. The molecule has 0 fully saturated rings. The molecule has 126 valence electrons. The summed E-state index contributed by atoms with van der Waals surface area (Å²) in [7, 11) is 0. The van der Waals surface area contributed by atoms with E-state index in [1.807, 2.05) is 0 Å². The zero-order valence-corrected chi connectivity index (χ0v) is 13.4. The summed E-state index contributed by atoms with van der Waals surface area (Å²) in [5, 5.41) is 4.88. The molecule has 0 heterocycles. The Bertz CT molecular complexity index is 736. The predicted octanol–water partition coefficient (Wildman–Crippen LogP) is 3.31. The molecule has 0 bridgehead atoms. The number of rotatable bonds is 6. The van der Waals surface area contributed by atoms with Crippen LogP contribution >= 0.6 is 11.6 Å². The number of benzene rings is 2. The van der Waals surface area contributed by atoms with Crippen LogP contribution in [0.3, 0.4) is 0 Å². The smallest absolute Gasteiger partial charge is 0.243 e. The number of nitrogens with one attached hydrogen (secondary N) is 2. The summed E-state index contributed by atoms with van der Waals surface area (Å²) >= 11 is 5.61. The Morgan fingerprint density at radius 2 is 1.71 bits per heavy atom. The van der Waals surface area contributed by atoms with Crippen LogP contribution in [0.1, 0.15) is 12.0 Å². The molecule has 2 aromatic carbocycles. The van der Waals surface area contributed by atoms with Gasteiger partial charge in [-0.3, -0.25) is 9.59 Å². The Kier molecular flexibility index (Phi) is 6.26. The third-order valence-corrected chi connectivity index (χ3v) is 3.49. The number of hydrogen-bond donors (Lipinski definition) is 2. The molecule has 2 amide bonds. The third kappa shape index (κ3) is 5.62. The summed E-state index contributed by atoms with van der Waals surface area (Å²) in [5.74, 6) is -1.66. The van der Waals surface area contributed by atoms with E-state index in [1.54, 1.807) is 12.1 Å². The lowest BCUT2D eigenvalue weighted by Gasteiger charge is -2.08. The van der Waals surface area contributed by atoms with Crippen molar-refractivity contribution < 1.29 is 18.4 Å². The van der Waals surface area contributed by atoms with Gasteiger partial charge in [0.15, 0.2) is 0 Å². The summed E-state index contributed by atoms with van der Waals surface area (Å²) in [5.41, 5.74) is 1.17. The van der Waals surface area contributed by atoms with E-state index in [0.29, 0.717) is 12.1 Å². The van der Waals surface area contributed by atoms with Crippen molar-refractivity contribution >= 4 is 29.1 Å². The largest absolute Gasteiger partial charge is 0.347 e. The predicted molar refractivity (Wildman–Crippen MR) is 87.8 cm³/mol. The van der Waals surface area contributed by atoms with Gasteiger partial charge in [0, 0.05) is 12.1 Å². The molecule has 0 saturated heterocycles. The second-order valence-corrected chi connectivity index (χ2v) is 5.49. The number of carbonyl (C=O) groups is 2. The van der Waals surface area contributed by atoms with Gasteiger partial charge in [0.2, 0.25) is 11.8 Å². The van der Waals surface area contributed by atoms with Gasteiger partial charge in [-0.1, -0.05) is 23.7 Å². The minimum atomic E-state index is -0.580. The Morgan fingerprint density at radius 1 is 1.00 bits per heavy atom. The zero-order chi connectivity index (χ0) is 17.5. The normalized spacial score (nSPS) is 10.3. The molecule has 0 unspecified atom stereocenters. The maximum atomic E-state index is 13.0. The molecule has 2 N–H and O–H groups in total. The lowest BCUT2D eigenvalue weighted by Crippen LogP contribution is -2.32. The first-order chi connectivity index (χ1) is 11.4. The zero-order valence-electron chi connectivity index (χ0n) is 12.6. The van der Waals surface area contributed by atoms with Gasteiger partial charge >= 0.3 is 0 Å². The molecule has 0 aliphatic rings. The Hall–Kier alpha value is -2.47. The highest BCUT2D eigenvalue weighted by Crippen LogP contribution is 2.19. The lowest BCUT2D eigenvalue weighted by molar-refractivity contribution is -0.124. The topological polar surface area (TPSA) is 58.2 Å². The van der Waals surface area contributed by atoms with Crippen molar-refractivity contribution in [1.82, 2.24) is 5.32 Å². The van der Waals surface area contributed by atoms with E-state index in [0.717, 1.165) is 11.6 Å². The molecule has 0 atom stereocenters. The Morgan fingerprint density at radius 3 is 2.38 bits per heavy atom. The van der Waals surface area contributed by atoms with E-state index >= 15 is 0 Å². The molecular formula is C17H15ClF2N2O2. The fourth-order valence-electron chi connectivity index (χ4n) is 1.96. The molecule has 0 aliphatic heterocycles. The number of halogens is 3. The maximum Gasteiger partial charge on any atom is 0.243 e. The van der Waals surface area contributed by atoms with Crippen LogP contribution < -0.4 is 10.6 Å². The molecule has 0 aliphatic carbocycles. The summed E-state index contributed by atoms with van der Waals surface area (Å²) in [6, 6.07) is 9.66. The van der Waals surface area contributed by atoms with Crippen LogP contribution in [0.2, 0.25) is 5.02 Å². The second kappa shape index (κ2) is 8.40. The van der Waals surface area contributed by atoms with E-state index in [2.05, 4.69) is 10.6 Å². The van der Waals surface area contributed by atoms with E-state index in [1.165, 1.54) is 24.3 Å². The highest BCUT2D eigenvalue weighted by Gasteiger charge is 2.08. The first-order valence-corrected chi connectivity index (χ1v) is 7.58.